The van der Waals surface area contributed by atoms with E-state index in [9.17, 15) is 0 Å². The number of nitrogens with zero attached hydrogens (tertiary/aromatic N) is 1. The highest BCUT2D eigenvalue weighted by molar-refractivity contribution is 5.99. The van der Waals surface area contributed by atoms with Gasteiger partial charge < -0.3 is 0 Å². The van der Waals surface area contributed by atoms with E-state index >= 15 is 0 Å². The molecule has 0 unspecified atom stereocenters. The minimum absolute atomic E-state index is 0.747. The molecule has 0 N–H and O–H groups in total. The zero-order valence-corrected chi connectivity index (χ0v) is 11.9. The van der Waals surface area contributed by atoms with Crippen molar-refractivity contribution in [2.24, 2.45) is 4.99 Å². The Bertz CT molecular complexity index is 375. The lowest BCUT2D eigenvalue weighted by Crippen LogP contribution is -1.99. The van der Waals surface area contributed by atoms with Crippen LogP contribution in [0.1, 0.15) is 45.2 Å². The van der Waals surface area contributed by atoms with Gasteiger partial charge in [0.1, 0.15) is 0 Å². The molecule has 0 spiro atoms. The van der Waals surface area contributed by atoms with Crippen molar-refractivity contribution in [1.29, 1.82) is 0 Å². The van der Waals surface area contributed by atoms with Gasteiger partial charge in [0.25, 0.3) is 0 Å². The molecular weight excluding hydrogens is 206 g/mol. The molecule has 1 heteroatoms. The van der Waals surface area contributed by atoms with E-state index in [2.05, 4.69) is 56.6 Å². The summed E-state index contributed by atoms with van der Waals surface area (Å²) in [5.74, 6) is 0. The Morgan fingerprint density at radius 1 is 1.24 bits per heavy atom. The lowest BCUT2D eigenvalue weighted by molar-refractivity contribution is 1.01. The second kappa shape index (κ2) is 8.74. The van der Waals surface area contributed by atoms with E-state index < -0.39 is 0 Å². The fourth-order valence-electron chi connectivity index (χ4n) is 1.41. The molecule has 1 nitrogen and oxygen atoms in total. The summed E-state index contributed by atoms with van der Waals surface area (Å²) in [5.41, 5.74) is 4.80. The Morgan fingerprint density at radius 3 is 2.35 bits per heavy atom. The fourth-order valence-corrected chi connectivity index (χ4v) is 1.41. The third-order valence-electron chi connectivity index (χ3n) is 2.57. The summed E-state index contributed by atoms with van der Waals surface area (Å²) in [6.07, 6.45) is 1.00. The second-order valence-electron chi connectivity index (χ2n) is 3.82. The van der Waals surface area contributed by atoms with E-state index in [0.717, 1.165) is 18.7 Å². The van der Waals surface area contributed by atoms with Gasteiger partial charge in [-0.2, -0.15) is 0 Å². The van der Waals surface area contributed by atoms with Gasteiger partial charge in [-0.15, -0.1) is 0 Å². The molecule has 0 amide bonds. The number of aryl methyl sites for hydroxylation is 1. The highest BCUT2D eigenvalue weighted by Gasteiger charge is 1.99. The predicted molar refractivity (Wildman–Crippen MR) is 79.0 cm³/mol. The van der Waals surface area contributed by atoms with Gasteiger partial charge >= 0.3 is 0 Å². The maximum Gasteiger partial charge on any atom is 0.0600 e. The van der Waals surface area contributed by atoms with Crippen LogP contribution in [0, 0.1) is 6.92 Å². The third-order valence-corrected chi connectivity index (χ3v) is 2.57. The van der Waals surface area contributed by atoms with Crippen molar-refractivity contribution in [2.45, 2.75) is 41.0 Å². The Balaban J connectivity index is 0.00000121. The molecular formula is C16H25N. The lowest BCUT2D eigenvalue weighted by Gasteiger charge is -2.05. The number of hydrogen-bond donors (Lipinski definition) is 0. The number of rotatable bonds is 4. The first-order chi connectivity index (χ1) is 8.15. The molecule has 0 aliphatic rings. The molecule has 0 bridgehead atoms. The van der Waals surface area contributed by atoms with Crippen LogP contribution in [0.5, 0.6) is 0 Å². The Labute approximate surface area is 106 Å². The topological polar surface area (TPSA) is 12.4 Å². The maximum absolute atomic E-state index is 4.54. The van der Waals surface area contributed by atoms with E-state index in [1.807, 2.05) is 13.8 Å². The van der Waals surface area contributed by atoms with Crippen LogP contribution in [-0.4, -0.2) is 12.3 Å². The molecule has 0 aliphatic heterocycles. The summed E-state index contributed by atoms with van der Waals surface area (Å²) in [4.78, 5) is 4.54. The molecule has 0 saturated heterocycles. The zero-order valence-electron chi connectivity index (χ0n) is 11.9. The average Bonchev–Trinajstić information content (AvgIpc) is 2.38. The van der Waals surface area contributed by atoms with Crippen molar-refractivity contribution < 1.29 is 0 Å². The number of aliphatic imine (C=N–C) groups is 1. The predicted octanol–water partition coefficient (Wildman–Crippen LogP) is 4.80. The third kappa shape index (κ3) is 5.48. The molecule has 0 fully saturated rings. The molecule has 1 rings (SSSR count). The van der Waals surface area contributed by atoms with E-state index in [1.54, 1.807) is 0 Å². The van der Waals surface area contributed by atoms with Crippen LogP contribution in [-0.2, 0) is 0 Å². The largest absolute Gasteiger partial charge is 0.285 e. The normalized spacial score (nSPS) is 10.5. The highest BCUT2D eigenvalue weighted by Crippen LogP contribution is 2.09. The van der Waals surface area contributed by atoms with Crippen molar-refractivity contribution in [3.63, 3.8) is 0 Å². The van der Waals surface area contributed by atoms with Crippen molar-refractivity contribution in [3.05, 3.63) is 47.5 Å². The molecule has 0 heterocycles. The SMILES string of the molecule is C=C(CC)CN=C(C)c1ccccc1C.CC. The van der Waals surface area contributed by atoms with E-state index in [-0.39, 0.29) is 0 Å². The summed E-state index contributed by atoms with van der Waals surface area (Å²) in [5, 5.41) is 0. The maximum atomic E-state index is 4.54. The number of hydrogen-bond acceptors (Lipinski definition) is 1. The minimum atomic E-state index is 0.747. The monoisotopic (exact) mass is 231 g/mol. The van der Waals surface area contributed by atoms with Gasteiger partial charge in [-0.1, -0.05) is 57.2 Å². The van der Waals surface area contributed by atoms with Gasteiger partial charge in [0.15, 0.2) is 0 Å². The first kappa shape index (κ1) is 15.6. The van der Waals surface area contributed by atoms with Crippen LogP contribution in [0.25, 0.3) is 0 Å². The summed E-state index contributed by atoms with van der Waals surface area (Å²) in [7, 11) is 0. The van der Waals surface area contributed by atoms with Crippen molar-refractivity contribution in [2.75, 3.05) is 6.54 Å². The first-order valence-corrected chi connectivity index (χ1v) is 6.38. The zero-order chi connectivity index (χ0) is 13.3. The molecule has 0 aromatic heterocycles. The van der Waals surface area contributed by atoms with Crippen molar-refractivity contribution in [1.82, 2.24) is 0 Å². The van der Waals surface area contributed by atoms with Crippen molar-refractivity contribution >= 4 is 5.71 Å². The Hall–Kier alpha value is -1.37. The highest BCUT2D eigenvalue weighted by atomic mass is 14.7. The van der Waals surface area contributed by atoms with E-state index in [0.29, 0.717) is 0 Å². The van der Waals surface area contributed by atoms with Gasteiger partial charge in [0.2, 0.25) is 0 Å². The van der Waals surface area contributed by atoms with E-state index in [1.165, 1.54) is 16.7 Å². The molecule has 94 valence electrons. The Morgan fingerprint density at radius 2 is 1.82 bits per heavy atom. The molecule has 0 atom stereocenters. The van der Waals surface area contributed by atoms with Crippen LogP contribution >= 0.6 is 0 Å². The number of benzene rings is 1. The van der Waals surface area contributed by atoms with Crippen LogP contribution in [0.4, 0.5) is 0 Å². The van der Waals surface area contributed by atoms with Gasteiger partial charge in [0, 0.05) is 5.71 Å². The average molecular weight is 231 g/mol. The van der Waals surface area contributed by atoms with Gasteiger partial charge in [0.05, 0.1) is 6.54 Å². The lowest BCUT2D eigenvalue weighted by atomic mass is 10.1. The molecule has 1 aromatic rings. The molecule has 17 heavy (non-hydrogen) atoms. The van der Waals surface area contributed by atoms with Crippen molar-refractivity contribution in [3.8, 4) is 0 Å². The molecule has 0 radical (unpaired) electrons. The van der Waals surface area contributed by atoms with Crippen LogP contribution in [0.15, 0.2) is 41.4 Å². The van der Waals surface area contributed by atoms with Crippen LogP contribution < -0.4 is 0 Å². The smallest absolute Gasteiger partial charge is 0.0600 e. The van der Waals surface area contributed by atoms with Crippen LogP contribution in [0.3, 0.4) is 0 Å². The van der Waals surface area contributed by atoms with Gasteiger partial charge in [-0.05, 0) is 31.4 Å². The second-order valence-corrected chi connectivity index (χ2v) is 3.82. The Kier molecular flexibility index (Phi) is 8.04. The quantitative estimate of drug-likeness (QED) is 0.521. The summed E-state index contributed by atoms with van der Waals surface area (Å²) >= 11 is 0. The summed E-state index contributed by atoms with van der Waals surface area (Å²) < 4.78 is 0. The standard InChI is InChI=1S/C14H19N.C2H6/c1-5-11(2)10-15-13(4)14-9-7-6-8-12(14)3;1-2/h6-9H,2,5,10H2,1,3-4H3;1-2H3. The fraction of sp³-hybridized carbons (Fsp3) is 0.438. The summed E-state index contributed by atoms with van der Waals surface area (Å²) in [6, 6.07) is 8.33. The van der Waals surface area contributed by atoms with E-state index in [4.69, 9.17) is 0 Å². The first-order valence-electron chi connectivity index (χ1n) is 6.38. The van der Waals surface area contributed by atoms with Gasteiger partial charge in [-0.25, -0.2) is 0 Å². The molecule has 0 saturated carbocycles. The minimum Gasteiger partial charge on any atom is -0.285 e. The van der Waals surface area contributed by atoms with Crippen LogP contribution in [0.2, 0.25) is 0 Å². The summed E-state index contributed by atoms with van der Waals surface area (Å²) in [6.45, 7) is 15.0. The molecule has 0 aliphatic carbocycles. The van der Waals surface area contributed by atoms with Gasteiger partial charge in [-0.3, -0.25) is 4.99 Å². The molecule has 1 aromatic carbocycles.